The molecule has 1 aromatic heterocycles. The number of imidazole rings is 1. The monoisotopic (exact) mass is 380 g/mol. The zero-order valence-corrected chi connectivity index (χ0v) is 17.2. The second-order valence-corrected chi connectivity index (χ2v) is 7.92. The molecule has 0 unspecified atom stereocenters. The molecule has 0 saturated carbocycles. The highest BCUT2D eigenvalue weighted by Crippen LogP contribution is 2.27. The van der Waals surface area contributed by atoms with Gasteiger partial charge in [0.25, 0.3) is 5.91 Å². The first-order valence-corrected chi connectivity index (χ1v) is 10.2. The number of rotatable bonds is 8. The Balaban J connectivity index is 1.65. The van der Waals surface area contributed by atoms with Crippen LogP contribution in [0.2, 0.25) is 0 Å². The Morgan fingerprint density at radius 3 is 2.82 bits per heavy atom. The lowest BCUT2D eigenvalue weighted by Gasteiger charge is -2.33. The minimum atomic E-state index is 0.126. The molecule has 1 aliphatic heterocycles. The molecule has 1 aliphatic rings. The highest BCUT2D eigenvalue weighted by atomic mass is 16.2. The fourth-order valence-electron chi connectivity index (χ4n) is 3.93. The predicted octanol–water partition coefficient (Wildman–Crippen LogP) is 3.58. The lowest BCUT2D eigenvalue weighted by molar-refractivity contribution is 0.0703. The maximum atomic E-state index is 13.0. The Morgan fingerprint density at radius 1 is 1.32 bits per heavy atom. The summed E-state index contributed by atoms with van der Waals surface area (Å²) in [6, 6.07) is 7.92. The second kappa shape index (κ2) is 9.69. The maximum Gasteiger partial charge on any atom is 0.253 e. The number of amides is 1. The van der Waals surface area contributed by atoms with Crippen LogP contribution >= 0.6 is 0 Å². The van der Waals surface area contributed by atoms with Gasteiger partial charge in [0.2, 0.25) is 0 Å². The summed E-state index contributed by atoms with van der Waals surface area (Å²) in [6.07, 6.45) is 9.89. The van der Waals surface area contributed by atoms with E-state index in [4.69, 9.17) is 0 Å². The summed E-state index contributed by atoms with van der Waals surface area (Å²) in [5, 5.41) is 0. The smallest absolute Gasteiger partial charge is 0.253 e. The number of likely N-dealkylation sites (tertiary alicyclic amines) is 1. The number of nitrogens with zero attached hydrogens (tertiary/aromatic N) is 4. The van der Waals surface area contributed by atoms with Gasteiger partial charge in [-0.2, -0.15) is 0 Å². The van der Waals surface area contributed by atoms with E-state index in [9.17, 15) is 4.79 Å². The van der Waals surface area contributed by atoms with Crippen LogP contribution in [0.5, 0.6) is 0 Å². The van der Waals surface area contributed by atoms with Crippen LogP contribution in [0.25, 0.3) is 0 Å². The van der Waals surface area contributed by atoms with Gasteiger partial charge >= 0.3 is 0 Å². The van der Waals surface area contributed by atoms with E-state index in [-0.39, 0.29) is 5.91 Å². The van der Waals surface area contributed by atoms with Crippen LogP contribution in [-0.2, 0) is 13.0 Å². The van der Waals surface area contributed by atoms with Gasteiger partial charge in [0.15, 0.2) is 0 Å². The molecule has 0 spiro atoms. The average Bonchev–Trinajstić information content (AvgIpc) is 3.17. The lowest BCUT2D eigenvalue weighted by Crippen LogP contribution is -2.39. The van der Waals surface area contributed by atoms with E-state index in [1.165, 1.54) is 5.56 Å². The molecule has 5 heteroatoms. The highest BCUT2D eigenvalue weighted by molar-refractivity contribution is 5.94. The van der Waals surface area contributed by atoms with Gasteiger partial charge in [-0.25, -0.2) is 4.98 Å². The number of hydrogen-bond donors (Lipinski definition) is 0. The molecule has 3 rings (SSSR count). The van der Waals surface area contributed by atoms with Crippen molar-refractivity contribution in [1.82, 2.24) is 19.4 Å². The van der Waals surface area contributed by atoms with Crippen LogP contribution in [0.15, 0.2) is 49.3 Å². The number of allylic oxidation sites excluding steroid dienone is 1. The average molecular weight is 381 g/mol. The molecule has 0 aliphatic carbocycles. The van der Waals surface area contributed by atoms with Gasteiger partial charge in [-0.15, -0.1) is 6.58 Å². The van der Waals surface area contributed by atoms with E-state index < -0.39 is 0 Å². The molecule has 0 radical (unpaired) electrons. The van der Waals surface area contributed by atoms with Crippen molar-refractivity contribution in [2.24, 2.45) is 0 Å². The third-order valence-electron chi connectivity index (χ3n) is 5.41. The molecule has 2 aromatic rings. The first-order valence-electron chi connectivity index (χ1n) is 10.2. The molecule has 5 nitrogen and oxygen atoms in total. The van der Waals surface area contributed by atoms with E-state index >= 15 is 0 Å². The van der Waals surface area contributed by atoms with Crippen molar-refractivity contribution in [2.75, 3.05) is 33.7 Å². The van der Waals surface area contributed by atoms with Gasteiger partial charge in [0.1, 0.15) is 5.82 Å². The predicted molar refractivity (Wildman–Crippen MR) is 114 cm³/mol. The van der Waals surface area contributed by atoms with E-state index in [0.29, 0.717) is 5.92 Å². The SMILES string of the molecule is C=CCc1ccc(C(=O)N2CCC[C@@H](c3nccn3CCCN(C)C)C2)cc1. The molecular weight excluding hydrogens is 348 g/mol. The third-order valence-corrected chi connectivity index (χ3v) is 5.41. The summed E-state index contributed by atoms with van der Waals surface area (Å²) in [7, 11) is 4.20. The van der Waals surface area contributed by atoms with Crippen LogP contribution in [0.1, 0.15) is 46.9 Å². The zero-order chi connectivity index (χ0) is 19.9. The molecule has 28 heavy (non-hydrogen) atoms. The van der Waals surface area contributed by atoms with Gasteiger partial charge in [-0.3, -0.25) is 4.79 Å². The van der Waals surface area contributed by atoms with Crippen molar-refractivity contribution in [2.45, 2.75) is 38.1 Å². The summed E-state index contributed by atoms with van der Waals surface area (Å²) in [5.41, 5.74) is 1.95. The molecule has 0 N–H and O–H groups in total. The van der Waals surface area contributed by atoms with Crippen molar-refractivity contribution in [1.29, 1.82) is 0 Å². The number of benzene rings is 1. The largest absolute Gasteiger partial charge is 0.338 e. The van der Waals surface area contributed by atoms with E-state index in [0.717, 1.165) is 63.3 Å². The molecule has 2 heterocycles. The Morgan fingerprint density at radius 2 is 2.11 bits per heavy atom. The first-order chi connectivity index (χ1) is 13.6. The second-order valence-electron chi connectivity index (χ2n) is 7.92. The van der Waals surface area contributed by atoms with Gasteiger partial charge in [0, 0.05) is 43.5 Å². The highest BCUT2D eigenvalue weighted by Gasteiger charge is 2.28. The van der Waals surface area contributed by atoms with E-state index in [1.807, 2.05) is 41.4 Å². The number of hydrogen-bond acceptors (Lipinski definition) is 3. The quantitative estimate of drug-likeness (QED) is 0.657. The number of carbonyl (C=O) groups excluding carboxylic acids is 1. The van der Waals surface area contributed by atoms with Crippen LogP contribution in [0.4, 0.5) is 0 Å². The Hall–Kier alpha value is -2.40. The Kier molecular flexibility index (Phi) is 7.04. The van der Waals surface area contributed by atoms with Crippen LogP contribution in [0.3, 0.4) is 0 Å². The van der Waals surface area contributed by atoms with Crippen LogP contribution in [0, 0.1) is 0 Å². The first kappa shape index (κ1) is 20.3. The summed E-state index contributed by atoms with van der Waals surface area (Å²) in [6.45, 7) is 7.38. The van der Waals surface area contributed by atoms with Crippen LogP contribution < -0.4 is 0 Å². The van der Waals surface area contributed by atoms with Crippen molar-refractivity contribution >= 4 is 5.91 Å². The summed E-state index contributed by atoms with van der Waals surface area (Å²) >= 11 is 0. The molecule has 1 amide bonds. The van der Waals surface area contributed by atoms with Crippen molar-refractivity contribution < 1.29 is 4.79 Å². The molecule has 1 atom stereocenters. The van der Waals surface area contributed by atoms with E-state index in [1.54, 1.807) is 0 Å². The summed E-state index contributed by atoms with van der Waals surface area (Å²) in [5.74, 6) is 1.56. The van der Waals surface area contributed by atoms with Crippen molar-refractivity contribution in [3.63, 3.8) is 0 Å². The number of aryl methyl sites for hydroxylation is 1. The van der Waals surface area contributed by atoms with Crippen molar-refractivity contribution in [3.05, 3.63) is 66.3 Å². The van der Waals surface area contributed by atoms with Gasteiger partial charge < -0.3 is 14.4 Å². The molecule has 1 saturated heterocycles. The number of aromatic nitrogens is 2. The third kappa shape index (κ3) is 5.10. The normalized spacial score (nSPS) is 17.1. The van der Waals surface area contributed by atoms with Gasteiger partial charge in [0.05, 0.1) is 0 Å². The fourth-order valence-corrected chi connectivity index (χ4v) is 3.93. The summed E-state index contributed by atoms with van der Waals surface area (Å²) in [4.78, 5) is 21.8. The maximum absolute atomic E-state index is 13.0. The molecule has 1 fully saturated rings. The zero-order valence-electron chi connectivity index (χ0n) is 17.2. The molecule has 1 aromatic carbocycles. The van der Waals surface area contributed by atoms with Crippen molar-refractivity contribution in [3.8, 4) is 0 Å². The molecule has 0 bridgehead atoms. The number of carbonyl (C=O) groups is 1. The van der Waals surface area contributed by atoms with Gasteiger partial charge in [-0.1, -0.05) is 18.2 Å². The van der Waals surface area contributed by atoms with Crippen LogP contribution in [-0.4, -0.2) is 59.0 Å². The molecular formula is C23H32N4O. The fraction of sp³-hybridized carbons (Fsp3) is 0.478. The summed E-state index contributed by atoms with van der Waals surface area (Å²) < 4.78 is 2.27. The standard InChI is InChI=1S/C23H32N4O/c1-4-7-19-9-11-20(12-10-19)23(28)27-15-5-8-21(18-27)22-24-13-17-26(22)16-6-14-25(2)3/h4,9-13,17,21H,1,5-8,14-16,18H2,2-3H3/t21-/m1/s1. The number of piperidine rings is 1. The van der Waals surface area contributed by atoms with E-state index in [2.05, 4.69) is 41.3 Å². The Labute approximate surface area is 168 Å². The minimum absolute atomic E-state index is 0.126. The molecule has 150 valence electrons. The van der Waals surface area contributed by atoms with Gasteiger partial charge in [-0.05, 0) is 64.0 Å². The lowest BCUT2D eigenvalue weighted by atomic mass is 9.96. The minimum Gasteiger partial charge on any atom is -0.338 e. The Bertz CT molecular complexity index is 778. The topological polar surface area (TPSA) is 41.4 Å².